The number of carbonyl (C=O) groups is 2. The van der Waals surface area contributed by atoms with Crippen molar-refractivity contribution < 1.29 is 19.1 Å². The zero-order chi connectivity index (χ0) is 14.1. The second-order valence-electron chi connectivity index (χ2n) is 6.52. The zero-order valence-electron chi connectivity index (χ0n) is 12.1. The smallest absolute Gasteiger partial charge is 0.411 e. The van der Waals surface area contributed by atoms with Crippen LogP contribution >= 0.6 is 0 Å². The number of esters is 1. The van der Waals surface area contributed by atoms with Crippen LogP contribution in [0, 0.1) is 5.41 Å². The van der Waals surface area contributed by atoms with Gasteiger partial charge in [-0.2, -0.15) is 0 Å². The normalized spacial score (nSPS) is 22.8. The molecular formula is C13H23NO4. The van der Waals surface area contributed by atoms with Crippen molar-refractivity contribution in [1.82, 2.24) is 4.90 Å². The van der Waals surface area contributed by atoms with E-state index in [1.807, 2.05) is 13.8 Å². The van der Waals surface area contributed by atoms with Gasteiger partial charge in [0.1, 0.15) is 11.6 Å². The summed E-state index contributed by atoms with van der Waals surface area (Å²) in [6.45, 7) is 9.96. The molecule has 18 heavy (non-hydrogen) atoms. The number of amides is 1. The van der Waals surface area contributed by atoms with Gasteiger partial charge >= 0.3 is 12.1 Å². The minimum absolute atomic E-state index is 0.101. The van der Waals surface area contributed by atoms with E-state index in [1.54, 1.807) is 20.8 Å². The molecule has 0 saturated carbocycles. The summed E-state index contributed by atoms with van der Waals surface area (Å²) in [6.07, 6.45) is 0.141. The first-order valence-electron chi connectivity index (χ1n) is 6.13. The van der Waals surface area contributed by atoms with Crippen molar-refractivity contribution in [1.29, 1.82) is 0 Å². The van der Waals surface area contributed by atoms with Gasteiger partial charge in [0.2, 0.25) is 0 Å². The summed E-state index contributed by atoms with van der Waals surface area (Å²) in [7, 11) is 1.33. The van der Waals surface area contributed by atoms with Crippen molar-refractivity contribution in [3.8, 4) is 0 Å². The number of likely N-dealkylation sites (tertiary alicyclic amines) is 1. The summed E-state index contributed by atoms with van der Waals surface area (Å²) < 4.78 is 10.1. The molecule has 0 N–H and O–H groups in total. The van der Waals surface area contributed by atoms with Crippen molar-refractivity contribution in [2.75, 3.05) is 13.7 Å². The van der Waals surface area contributed by atoms with Gasteiger partial charge in [-0.25, -0.2) is 9.59 Å². The van der Waals surface area contributed by atoms with E-state index in [4.69, 9.17) is 9.47 Å². The maximum atomic E-state index is 12.1. The molecule has 5 heteroatoms. The van der Waals surface area contributed by atoms with Crippen LogP contribution in [0.25, 0.3) is 0 Å². The van der Waals surface area contributed by atoms with Crippen molar-refractivity contribution in [2.24, 2.45) is 5.41 Å². The van der Waals surface area contributed by atoms with Crippen molar-refractivity contribution >= 4 is 12.1 Å². The maximum Gasteiger partial charge on any atom is 0.411 e. The number of carbonyl (C=O) groups excluding carboxylic acids is 2. The second kappa shape index (κ2) is 4.78. The van der Waals surface area contributed by atoms with Crippen LogP contribution in [-0.4, -0.2) is 42.3 Å². The highest BCUT2D eigenvalue weighted by molar-refractivity contribution is 5.82. The molecule has 0 spiro atoms. The first-order valence-corrected chi connectivity index (χ1v) is 6.13. The first kappa shape index (κ1) is 14.8. The van der Waals surface area contributed by atoms with E-state index in [9.17, 15) is 9.59 Å². The fourth-order valence-corrected chi connectivity index (χ4v) is 2.13. The quantitative estimate of drug-likeness (QED) is 0.676. The number of hydrogen-bond donors (Lipinski definition) is 0. The van der Waals surface area contributed by atoms with Gasteiger partial charge in [0.05, 0.1) is 7.11 Å². The summed E-state index contributed by atoms with van der Waals surface area (Å²) >= 11 is 0. The molecule has 1 heterocycles. The Balaban J connectivity index is 2.84. The average Bonchev–Trinajstić information content (AvgIpc) is 2.51. The molecule has 1 aliphatic heterocycles. The lowest BCUT2D eigenvalue weighted by Gasteiger charge is -2.27. The average molecular weight is 257 g/mol. The molecule has 1 saturated heterocycles. The Hall–Kier alpha value is -1.26. The van der Waals surface area contributed by atoms with Gasteiger partial charge in [0.15, 0.2) is 0 Å². The summed E-state index contributed by atoms with van der Waals surface area (Å²) in [5, 5.41) is 0. The van der Waals surface area contributed by atoms with Crippen LogP contribution < -0.4 is 0 Å². The molecule has 1 fully saturated rings. The Morgan fingerprint density at radius 2 is 1.83 bits per heavy atom. The van der Waals surface area contributed by atoms with E-state index in [0.29, 0.717) is 13.0 Å². The van der Waals surface area contributed by atoms with Gasteiger partial charge in [0.25, 0.3) is 0 Å². The monoisotopic (exact) mass is 257 g/mol. The molecule has 0 radical (unpaired) electrons. The minimum Gasteiger partial charge on any atom is -0.467 e. The molecule has 0 aliphatic carbocycles. The molecule has 0 aromatic rings. The van der Waals surface area contributed by atoms with E-state index >= 15 is 0 Å². The van der Waals surface area contributed by atoms with Gasteiger partial charge in [-0.15, -0.1) is 0 Å². The lowest BCUT2D eigenvalue weighted by atomic mass is 9.91. The Labute approximate surface area is 108 Å². The van der Waals surface area contributed by atoms with E-state index in [-0.39, 0.29) is 11.4 Å². The third-order valence-electron chi connectivity index (χ3n) is 2.82. The number of rotatable bonds is 1. The molecule has 5 nitrogen and oxygen atoms in total. The molecule has 0 aromatic heterocycles. The summed E-state index contributed by atoms with van der Waals surface area (Å²) in [4.78, 5) is 25.3. The van der Waals surface area contributed by atoms with Gasteiger partial charge in [-0.05, 0) is 32.6 Å². The van der Waals surface area contributed by atoms with Gasteiger partial charge < -0.3 is 9.47 Å². The molecule has 1 rings (SSSR count). The van der Waals surface area contributed by atoms with E-state index in [0.717, 1.165) is 0 Å². The van der Waals surface area contributed by atoms with Crippen LogP contribution in [0.5, 0.6) is 0 Å². The van der Waals surface area contributed by atoms with Gasteiger partial charge in [0, 0.05) is 6.54 Å². The van der Waals surface area contributed by atoms with E-state index in [1.165, 1.54) is 12.0 Å². The number of nitrogens with zero attached hydrogens (tertiary/aromatic N) is 1. The highest BCUT2D eigenvalue weighted by atomic mass is 16.6. The highest BCUT2D eigenvalue weighted by Gasteiger charge is 2.45. The summed E-state index contributed by atoms with van der Waals surface area (Å²) in [5.41, 5.74) is -0.666. The van der Waals surface area contributed by atoms with E-state index < -0.39 is 17.7 Å². The maximum absolute atomic E-state index is 12.1. The van der Waals surface area contributed by atoms with Crippen molar-refractivity contribution in [3.63, 3.8) is 0 Å². The molecule has 0 aromatic carbocycles. The molecule has 1 atom stereocenters. The van der Waals surface area contributed by atoms with Gasteiger partial charge in [-0.1, -0.05) is 13.8 Å². The fraction of sp³-hybridized carbons (Fsp3) is 0.846. The topological polar surface area (TPSA) is 55.8 Å². The first-order chi connectivity index (χ1) is 8.06. The Morgan fingerprint density at radius 1 is 1.28 bits per heavy atom. The molecule has 0 unspecified atom stereocenters. The van der Waals surface area contributed by atoms with Crippen LogP contribution in [0.2, 0.25) is 0 Å². The Bertz CT molecular complexity index is 343. The molecular weight excluding hydrogens is 234 g/mol. The number of methoxy groups -OCH3 is 1. The zero-order valence-corrected chi connectivity index (χ0v) is 12.1. The van der Waals surface area contributed by atoms with Crippen LogP contribution in [0.15, 0.2) is 0 Å². The third kappa shape index (κ3) is 3.62. The fourth-order valence-electron chi connectivity index (χ4n) is 2.13. The number of hydrogen-bond acceptors (Lipinski definition) is 4. The largest absolute Gasteiger partial charge is 0.467 e. The van der Waals surface area contributed by atoms with Crippen molar-refractivity contribution in [2.45, 2.75) is 52.7 Å². The number of ether oxygens (including phenoxy) is 2. The lowest BCUT2D eigenvalue weighted by Crippen LogP contribution is -2.44. The highest BCUT2D eigenvalue weighted by Crippen LogP contribution is 2.35. The van der Waals surface area contributed by atoms with Gasteiger partial charge in [-0.3, -0.25) is 4.90 Å². The summed E-state index contributed by atoms with van der Waals surface area (Å²) in [5.74, 6) is -0.383. The molecule has 1 amide bonds. The molecule has 0 bridgehead atoms. The van der Waals surface area contributed by atoms with E-state index in [2.05, 4.69) is 0 Å². The van der Waals surface area contributed by atoms with Crippen LogP contribution in [0.1, 0.15) is 41.0 Å². The Morgan fingerprint density at radius 3 is 2.28 bits per heavy atom. The predicted molar refractivity (Wildman–Crippen MR) is 67.1 cm³/mol. The SMILES string of the molecule is COC(=O)[C@@H]1CC(C)(C)CN1C(=O)OC(C)(C)C. The second-order valence-corrected chi connectivity index (χ2v) is 6.52. The Kier molecular flexibility index (Phi) is 3.93. The lowest BCUT2D eigenvalue weighted by molar-refractivity contribution is -0.145. The van der Waals surface area contributed by atoms with Crippen molar-refractivity contribution in [3.05, 3.63) is 0 Å². The minimum atomic E-state index is -0.565. The van der Waals surface area contributed by atoms with Crippen LogP contribution in [0.4, 0.5) is 4.79 Å². The van der Waals surface area contributed by atoms with Crippen LogP contribution in [0.3, 0.4) is 0 Å². The standard InChI is InChI=1S/C13H23NO4/c1-12(2,3)18-11(16)14-8-13(4,5)7-9(14)10(15)17-6/h9H,7-8H2,1-6H3/t9-/m0/s1. The molecule has 104 valence electrons. The summed E-state index contributed by atoms with van der Waals surface area (Å²) in [6, 6.07) is -0.542. The molecule has 1 aliphatic rings. The predicted octanol–water partition coefficient (Wildman–Crippen LogP) is 2.20. The van der Waals surface area contributed by atoms with Crippen LogP contribution in [-0.2, 0) is 14.3 Å². The third-order valence-corrected chi connectivity index (χ3v) is 2.82.